The average Bonchev–Trinajstić information content (AvgIpc) is 2.78. The van der Waals surface area contributed by atoms with Crippen molar-refractivity contribution in [3.05, 3.63) is 24.3 Å². The average molecular weight is 247 g/mol. The molecule has 0 spiro atoms. The molecule has 0 aromatic heterocycles. The highest BCUT2D eigenvalue weighted by Gasteiger charge is 2.23. The van der Waals surface area contributed by atoms with Crippen molar-refractivity contribution in [2.75, 3.05) is 37.4 Å². The van der Waals surface area contributed by atoms with Gasteiger partial charge in [0.2, 0.25) is 0 Å². The monoisotopic (exact) mass is 247 g/mol. The molecular formula is C15H25N3. The molecule has 100 valence electrons. The fourth-order valence-electron chi connectivity index (χ4n) is 2.48. The summed E-state index contributed by atoms with van der Waals surface area (Å²) in [5.41, 5.74) is 2.48. The van der Waals surface area contributed by atoms with Crippen molar-refractivity contribution in [3.63, 3.8) is 0 Å². The van der Waals surface area contributed by atoms with Crippen LogP contribution in [0, 0.1) is 0 Å². The van der Waals surface area contributed by atoms with E-state index in [-0.39, 0.29) is 0 Å². The van der Waals surface area contributed by atoms with E-state index in [9.17, 15) is 0 Å². The van der Waals surface area contributed by atoms with E-state index < -0.39 is 0 Å². The fraction of sp³-hybridized carbons (Fsp3) is 0.600. The maximum Gasteiger partial charge on any atom is 0.0400 e. The van der Waals surface area contributed by atoms with E-state index in [2.05, 4.69) is 67.3 Å². The number of hydrogen-bond acceptors (Lipinski definition) is 3. The molecule has 1 heterocycles. The normalized spacial score (nSPS) is 20.4. The van der Waals surface area contributed by atoms with E-state index in [1.54, 1.807) is 0 Å². The first-order valence-corrected chi connectivity index (χ1v) is 6.84. The quantitative estimate of drug-likeness (QED) is 0.882. The van der Waals surface area contributed by atoms with Crippen molar-refractivity contribution < 1.29 is 0 Å². The first-order valence-electron chi connectivity index (χ1n) is 6.84. The van der Waals surface area contributed by atoms with Gasteiger partial charge in [-0.15, -0.1) is 0 Å². The van der Waals surface area contributed by atoms with Gasteiger partial charge in [-0.25, -0.2) is 0 Å². The zero-order valence-corrected chi connectivity index (χ0v) is 12.0. The minimum atomic E-state index is 0.588. The minimum Gasteiger partial charge on any atom is -0.381 e. The molecule has 1 N–H and O–H groups in total. The predicted molar refractivity (Wildman–Crippen MR) is 79.5 cm³/mol. The van der Waals surface area contributed by atoms with Crippen molar-refractivity contribution in [1.82, 2.24) is 4.90 Å². The molecule has 3 nitrogen and oxygen atoms in total. The lowest BCUT2D eigenvalue weighted by Crippen LogP contribution is -2.31. The van der Waals surface area contributed by atoms with Crippen molar-refractivity contribution in [1.29, 1.82) is 0 Å². The molecule has 1 aromatic rings. The molecule has 18 heavy (non-hydrogen) atoms. The molecule has 1 aliphatic rings. The second kappa shape index (κ2) is 5.61. The zero-order chi connectivity index (χ0) is 13.1. The van der Waals surface area contributed by atoms with Crippen molar-refractivity contribution in [3.8, 4) is 0 Å². The van der Waals surface area contributed by atoms with Crippen molar-refractivity contribution in [2.45, 2.75) is 32.4 Å². The summed E-state index contributed by atoms with van der Waals surface area (Å²) in [6, 6.07) is 9.88. The molecule has 0 saturated carbocycles. The Morgan fingerprint density at radius 2 is 2.11 bits per heavy atom. The molecule has 1 unspecified atom stereocenters. The summed E-state index contributed by atoms with van der Waals surface area (Å²) < 4.78 is 0. The maximum absolute atomic E-state index is 3.65. The molecule has 2 rings (SSSR count). The lowest BCUT2D eigenvalue weighted by molar-refractivity contribution is 0.274. The number of likely N-dealkylation sites (tertiary alicyclic amines) is 1. The number of nitrogens with one attached hydrogen (secondary N) is 1. The van der Waals surface area contributed by atoms with Gasteiger partial charge in [0.25, 0.3) is 0 Å². The standard InChI is InChI=1S/C15H25N3/c1-12(2)18-9-8-14(11-18)16-13-6-5-7-15(10-13)17(3)4/h5-7,10,12,14,16H,8-9,11H2,1-4H3. The number of hydrogen-bond donors (Lipinski definition) is 1. The Morgan fingerprint density at radius 1 is 1.33 bits per heavy atom. The van der Waals surface area contributed by atoms with Gasteiger partial charge in [0, 0.05) is 50.6 Å². The van der Waals surface area contributed by atoms with Crippen LogP contribution in [0.1, 0.15) is 20.3 Å². The Bertz CT molecular complexity index is 387. The molecule has 1 fully saturated rings. The van der Waals surface area contributed by atoms with E-state index in [4.69, 9.17) is 0 Å². The van der Waals surface area contributed by atoms with Gasteiger partial charge in [0.1, 0.15) is 0 Å². The van der Waals surface area contributed by atoms with Gasteiger partial charge in [0.15, 0.2) is 0 Å². The number of rotatable bonds is 4. The van der Waals surface area contributed by atoms with Gasteiger partial charge in [-0.1, -0.05) is 6.07 Å². The van der Waals surface area contributed by atoms with Crippen LogP contribution in [0.5, 0.6) is 0 Å². The van der Waals surface area contributed by atoms with Gasteiger partial charge in [-0.2, -0.15) is 0 Å². The minimum absolute atomic E-state index is 0.588. The van der Waals surface area contributed by atoms with E-state index in [1.165, 1.54) is 24.3 Å². The van der Waals surface area contributed by atoms with E-state index in [0.29, 0.717) is 12.1 Å². The van der Waals surface area contributed by atoms with Crippen LogP contribution in [0.4, 0.5) is 11.4 Å². The maximum atomic E-state index is 3.65. The molecule has 0 radical (unpaired) electrons. The van der Waals surface area contributed by atoms with E-state index >= 15 is 0 Å². The Balaban J connectivity index is 1.96. The summed E-state index contributed by atoms with van der Waals surface area (Å²) in [4.78, 5) is 4.67. The van der Waals surface area contributed by atoms with Crippen LogP contribution >= 0.6 is 0 Å². The van der Waals surface area contributed by atoms with Crippen molar-refractivity contribution >= 4 is 11.4 Å². The second-order valence-corrected chi connectivity index (χ2v) is 5.66. The number of benzene rings is 1. The van der Waals surface area contributed by atoms with E-state index in [1.807, 2.05) is 0 Å². The smallest absolute Gasteiger partial charge is 0.0400 e. The summed E-state index contributed by atoms with van der Waals surface area (Å²) in [7, 11) is 4.16. The highest BCUT2D eigenvalue weighted by atomic mass is 15.2. The Morgan fingerprint density at radius 3 is 2.72 bits per heavy atom. The summed E-state index contributed by atoms with van der Waals surface area (Å²) in [5, 5.41) is 3.65. The third-order valence-corrected chi connectivity index (χ3v) is 3.68. The molecule has 1 atom stereocenters. The van der Waals surface area contributed by atoms with Gasteiger partial charge in [-0.3, -0.25) is 4.90 Å². The fourth-order valence-corrected chi connectivity index (χ4v) is 2.48. The lowest BCUT2D eigenvalue weighted by atomic mass is 10.2. The molecule has 0 aliphatic carbocycles. The van der Waals surface area contributed by atoms with Gasteiger partial charge < -0.3 is 10.2 Å². The first-order chi connectivity index (χ1) is 8.56. The van der Waals surface area contributed by atoms with Crippen LogP contribution in [0.3, 0.4) is 0 Å². The summed E-state index contributed by atoms with van der Waals surface area (Å²) >= 11 is 0. The molecular weight excluding hydrogens is 222 g/mol. The largest absolute Gasteiger partial charge is 0.381 e. The van der Waals surface area contributed by atoms with Gasteiger partial charge in [0.05, 0.1) is 0 Å². The Labute approximate surface area is 111 Å². The topological polar surface area (TPSA) is 18.5 Å². The van der Waals surface area contributed by atoms with Crippen LogP contribution in [0.25, 0.3) is 0 Å². The molecule has 0 amide bonds. The molecule has 1 saturated heterocycles. The second-order valence-electron chi connectivity index (χ2n) is 5.66. The van der Waals surface area contributed by atoms with Crippen LogP contribution in [0.15, 0.2) is 24.3 Å². The third kappa shape index (κ3) is 3.16. The van der Waals surface area contributed by atoms with Crippen LogP contribution in [-0.4, -0.2) is 44.2 Å². The first kappa shape index (κ1) is 13.2. The van der Waals surface area contributed by atoms with Crippen LogP contribution < -0.4 is 10.2 Å². The summed E-state index contributed by atoms with van der Waals surface area (Å²) in [5.74, 6) is 0. The molecule has 1 aromatic carbocycles. The molecule has 0 bridgehead atoms. The lowest BCUT2D eigenvalue weighted by Gasteiger charge is -2.21. The van der Waals surface area contributed by atoms with Crippen LogP contribution in [0.2, 0.25) is 0 Å². The summed E-state index contributed by atoms with van der Waals surface area (Å²) in [6.07, 6.45) is 1.24. The highest BCUT2D eigenvalue weighted by molar-refractivity contribution is 5.57. The van der Waals surface area contributed by atoms with Crippen molar-refractivity contribution in [2.24, 2.45) is 0 Å². The Hall–Kier alpha value is -1.22. The number of nitrogens with zero attached hydrogens (tertiary/aromatic N) is 2. The highest BCUT2D eigenvalue weighted by Crippen LogP contribution is 2.21. The Kier molecular flexibility index (Phi) is 4.12. The van der Waals surface area contributed by atoms with Gasteiger partial charge >= 0.3 is 0 Å². The third-order valence-electron chi connectivity index (χ3n) is 3.68. The predicted octanol–water partition coefficient (Wildman–Crippen LogP) is 2.65. The van der Waals surface area contributed by atoms with Gasteiger partial charge in [-0.05, 0) is 38.5 Å². The summed E-state index contributed by atoms with van der Waals surface area (Å²) in [6.45, 7) is 6.91. The number of anilines is 2. The SMILES string of the molecule is CC(C)N1CCC(Nc2cccc(N(C)C)c2)C1. The zero-order valence-electron chi connectivity index (χ0n) is 12.0. The van der Waals surface area contributed by atoms with Crippen LogP contribution in [-0.2, 0) is 0 Å². The molecule has 1 aliphatic heterocycles. The molecule has 3 heteroatoms. The van der Waals surface area contributed by atoms with E-state index in [0.717, 1.165) is 6.54 Å².